The highest BCUT2D eigenvalue weighted by atomic mass is 32.1. The molecule has 0 aliphatic carbocycles. The Morgan fingerprint density at radius 2 is 2.00 bits per heavy atom. The number of aromatic hydroxyl groups is 1. The zero-order valence-corrected chi connectivity index (χ0v) is 16.4. The largest absolute Gasteiger partial charge is 0.508 e. The number of benzene rings is 1. The van der Waals surface area contributed by atoms with Gasteiger partial charge in [-0.15, -0.1) is 11.3 Å². The number of nitrogens with one attached hydrogen (secondary N) is 1. The number of phenols is 1. The van der Waals surface area contributed by atoms with Crippen LogP contribution < -0.4 is 10.9 Å². The van der Waals surface area contributed by atoms with E-state index in [1.54, 1.807) is 32.9 Å². The molecule has 2 aromatic heterocycles. The highest BCUT2D eigenvalue weighted by Crippen LogP contribution is 2.28. The molecule has 0 saturated heterocycles. The van der Waals surface area contributed by atoms with E-state index in [4.69, 9.17) is 4.74 Å². The third kappa shape index (κ3) is 3.61. The zero-order chi connectivity index (χ0) is 20.4. The number of hydrogen-bond acceptors (Lipinski definition) is 7. The average Bonchev–Trinajstić information content (AvgIpc) is 3.01. The summed E-state index contributed by atoms with van der Waals surface area (Å²) in [5, 5.41) is 12.3. The fourth-order valence-electron chi connectivity index (χ4n) is 2.72. The van der Waals surface area contributed by atoms with Crippen molar-refractivity contribution in [1.29, 1.82) is 0 Å². The third-order valence-corrected chi connectivity index (χ3v) is 5.45. The van der Waals surface area contributed by atoms with Crippen molar-refractivity contribution in [3.63, 3.8) is 0 Å². The van der Waals surface area contributed by atoms with Gasteiger partial charge in [0.25, 0.3) is 5.56 Å². The molecular formula is C19H19N3O5S. The maximum Gasteiger partial charge on any atom is 0.348 e. The summed E-state index contributed by atoms with van der Waals surface area (Å²) in [5.74, 6) is -0.818. The van der Waals surface area contributed by atoms with E-state index in [9.17, 15) is 19.5 Å². The van der Waals surface area contributed by atoms with Crippen molar-refractivity contribution < 1.29 is 19.4 Å². The van der Waals surface area contributed by atoms with Gasteiger partial charge in [-0.2, -0.15) is 0 Å². The quantitative estimate of drug-likeness (QED) is 0.502. The van der Waals surface area contributed by atoms with Gasteiger partial charge in [0.15, 0.2) is 0 Å². The molecule has 0 spiro atoms. The van der Waals surface area contributed by atoms with E-state index in [1.165, 1.54) is 23.0 Å². The number of fused-ring (bicyclic) bond motifs is 1. The second-order valence-electron chi connectivity index (χ2n) is 6.13. The van der Waals surface area contributed by atoms with E-state index in [2.05, 4.69) is 10.3 Å². The smallest absolute Gasteiger partial charge is 0.348 e. The van der Waals surface area contributed by atoms with E-state index in [0.29, 0.717) is 26.3 Å². The van der Waals surface area contributed by atoms with Crippen LogP contribution in [0, 0.1) is 6.92 Å². The van der Waals surface area contributed by atoms with Crippen LogP contribution in [0.4, 0.5) is 5.69 Å². The molecule has 3 rings (SSSR count). The predicted molar refractivity (Wildman–Crippen MR) is 106 cm³/mol. The minimum atomic E-state index is -0.830. The molecular weight excluding hydrogens is 382 g/mol. The first-order chi connectivity index (χ1) is 13.3. The van der Waals surface area contributed by atoms with E-state index in [1.807, 2.05) is 0 Å². The second-order valence-corrected chi connectivity index (χ2v) is 7.12. The van der Waals surface area contributed by atoms with Gasteiger partial charge >= 0.3 is 5.97 Å². The first-order valence-corrected chi connectivity index (χ1v) is 9.42. The maximum atomic E-state index is 13.0. The monoisotopic (exact) mass is 401 g/mol. The van der Waals surface area contributed by atoms with Gasteiger partial charge in [0.1, 0.15) is 21.5 Å². The zero-order valence-electron chi connectivity index (χ0n) is 15.6. The lowest BCUT2D eigenvalue weighted by atomic mass is 10.2. The van der Waals surface area contributed by atoms with Crippen LogP contribution in [0.1, 0.15) is 35.1 Å². The summed E-state index contributed by atoms with van der Waals surface area (Å²) < 4.78 is 6.25. The van der Waals surface area contributed by atoms with Gasteiger partial charge in [0.05, 0.1) is 18.3 Å². The van der Waals surface area contributed by atoms with Gasteiger partial charge < -0.3 is 15.2 Å². The molecule has 0 aliphatic rings. The summed E-state index contributed by atoms with van der Waals surface area (Å²) in [6.45, 7) is 5.19. The van der Waals surface area contributed by atoms with Crippen molar-refractivity contribution in [3.05, 3.63) is 51.4 Å². The van der Waals surface area contributed by atoms with Crippen molar-refractivity contribution in [2.75, 3.05) is 11.9 Å². The average molecular weight is 401 g/mol. The van der Waals surface area contributed by atoms with Crippen LogP contribution in [-0.2, 0) is 9.53 Å². The molecule has 1 atom stereocenters. The molecule has 0 aliphatic heterocycles. The molecule has 0 saturated carbocycles. The highest BCUT2D eigenvalue weighted by molar-refractivity contribution is 7.20. The van der Waals surface area contributed by atoms with E-state index >= 15 is 0 Å². The number of rotatable bonds is 5. The third-order valence-electron chi connectivity index (χ3n) is 4.27. The number of esters is 1. The van der Waals surface area contributed by atoms with Crippen molar-refractivity contribution in [2.24, 2.45) is 0 Å². The summed E-state index contributed by atoms with van der Waals surface area (Å²) in [6.07, 6.45) is 1.30. The molecule has 0 radical (unpaired) electrons. The lowest BCUT2D eigenvalue weighted by Gasteiger charge is -2.15. The van der Waals surface area contributed by atoms with Gasteiger partial charge in [-0.1, -0.05) is 0 Å². The normalized spacial score (nSPS) is 12.0. The lowest BCUT2D eigenvalue weighted by Crippen LogP contribution is -2.31. The number of thiophene rings is 1. The summed E-state index contributed by atoms with van der Waals surface area (Å²) in [4.78, 5) is 42.6. The predicted octanol–water partition coefficient (Wildman–Crippen LogP) is 2.85. The molecule has 0 bridgehead atoms. The van der Waals surface area contributed by atoms with E-state index < -0.39 is 23.5 Å². The number of aromatic nitrogens is 2. The number of ether oxygens (including phenoxy) is 1. The number of nitrogens with zero attached hydrogens (tertiary/aromatic N) is 2. The summed E-state index contributed by atoms with van der Waals surface area (Å²) in [6, 6.07) is 5.18. The van der Waals surface area contributed by atoms with Crippen LogP contribution >= 0.6 is 11.3 Å². The van der Waals surface area contributed by atoms with E-state index in [0.717, 1.165) is 11.3 Å². The number of hydrogen-bond donors (Lipinski definition) is 2. The number of aryl methyl sites for hydroxylation is 1. The first kappa shape index (κ1) is 19.6. The molecule has 1 aromatic carbocycles. The summed E-state index contributed by atoms with van der Waals surface area (Å²) >= 11 is 1.10. The second kappa shape index (κ2) is 7.81. The standard InChI is InChI=1S/C19H19N3O5S/c1-4-27-19(26)15-10(2)14-17(28-15)20-9-22(18(14)25)11(3)16(24)21-12-5-7-13(23)8-6-12/h5-9,11,23H,4H2,1-3H3,(H,21,24). The SMILES string of the molecule is CCOC(=O)c1sc2ncn(C(C)C(=O)Nc3ccc(O)cc3)c(=O)c2c1C. The van der Waals surface area contributed by atoms with Crippen LogP contribution in [0.5, 0.6) is 5.75 Å². The van der Waals surface area contributed by atoms with Crippen LogP contribution in [0.3, 0.4) is 0 Å². The number of phenolic OH excluding ortho intramolecular Hbond substituents is 1. The number of amides is 1. The number of carbonyl (C=O) groups excluding carboxylic acids is 2. The molecule has 28 heavy (non-hydrogen) atoms. The molecule has 1 unspecified atom stereocenters. The van der Waals surface area contributed by atoms with Crippen molar-refractivity contribution in [2.45, 2.75) is 26.8 Å². The Kier molecular flexibility index (Phi) is 5.46. The molecule has 2 N–H and O–H groups in total. The molecule has 1 amide bonds. The molecule has 3 aromatic rings. The van der Waals surface area contributed by atoms with Crippen molar-refractivity contribution in [1.82, 2.24) is 9.55 Å². The fourth-order valence-corrected chi connectivity index (χ4v) is 3.76. The fraction of sp³-hybridized carbons (Fsp3) is 0.263. The topological polar surface area (TPSA) is 111 Å². The molecule has 2 heterocycles. The Morgan fingerprint density at radius 3 is 2.64 bits per heavy atom. The Balaban J connectivity index is 1.94. The number of anilines is 1. The first-order valence-electron chi connectivity index (χ1n) is 8.60. The number of carbonyl (C=O) groups is 2. The molecule has 9 heteroatoms. The molecule has 146 valence electrons. The van der Waals surface area contributed by atoms with Gasteiger partial charge in [0.2, 0.25) is 5.91 Å². The minimum absolute atomic E-state index is 0.0854. The van der Waals surface area contributed by atoms with Crippen LogP contribution in [0.25, 0.3) is 10.2 Å². The van der Waals surface area contributed by atoms with Crippen molar-refractivity contribution in [3.8, 4) is 5.75 Å². The summed E-state index contributed by atoms with van der Waals surface area (Å²) in [5.41, 5.74) is 0.590. The Morgan fingerprint density at radius 1 is 1.32 bits per heavy atom. The lowest BCUT2D eigenvalue weighted by molar-refractivity contribution is -0.118. The van der Waals surface area contributed by atoms with Gasteiger partial charge in [0, 0.05) is 5.69 Å². The Hall–Kier alpha value is -3.20. The van der Waals surface area contributed by atoms with Gasteiger partial charge in [-0.25, -0.2) is 9.78 Å². The maximum absolute atomic E-state index is 13.0. The minimum Gasteiger partial charge on any atom is -0.508 e. The molecule has 0 fully saturated rings. The summed E-state index contributed by atoms with van der Waals surface area (Å²) in [7, 11) is 0. The van der Waals surface area contributed by atoms with Gasteiger partial charge in [-0.05, 0) is 50.6 Å². The van der Waals surface area contributed by atoms with Crippen LogP contribution in [0.15, 0.2) is 35.4 Å². The Bertz CT molecular complexity index is 1100. The highest BCUT2D eigenvalue weighted by Gasteiger charge is 2.23. The van der Waals surface area contributed by atoms with Gasteiger partial charge in [-0.3, -0.25) is 14.2 Å². The van der Waals surface area contributed by atoms with E-state index in [-0.39, 0.29) is 12.4 Å². The molecule has 8 nitrogen and oxygen atoms in total. The Labute approximate surface area is 164 Å². The van der Waals surface area contributed by atoms with Crippen LogP contribution in [-0.4, -0.2) is 33.1 Å². The van der Waals surface area contributed by atoms with Crippen molar-refractivity contribution >= 4 is 39.1 Å². The van der Waals surface area contributed by atoms with Crippen LogP contribution in [0.2, 0.25) is 0 Å².